The minimum atomic E-state index is -1.25. The van der Waals surface area contributed by atoms with E-state index in [9.17, 15) is 24.3 Å². The number of β-lactam (4-membered cyclic amide) rings is 1. The monoisotopic (exact) mass is 511 g/mol. The van der Waals surface area contributed by atoms with Gasteiger partial charge in [-0.3, -0.25) is 14.5 Å². The van der Waals surface area contributed by atoms with Crippen molar-refractivity contribution in [3.05, 3.63) is 33.3 Å². The van der Waals surface area contributed by atoms with Crippen LogP contribution in [0.4, 0.5) is 5.13 Å². The van der Waals surface area contributed by atoms with Gasteiger partial charge in [-0.2, -0.15) is 0 Å². The number of thiazole rings is 1. The number of nitrogen functional groups attached to an aromatic ring is 1. The molecule has 1 aromatic heterocycles. The predicted octanol–water partition coefficient (Wildman–Crippen LogP) is 0.140. The van der Waals surface area contributed by atoms with E-state index in [1.54, 1.807) is 11.5 Å². The largest absolute Gasteiger partial charge is 0.477 e. The number of esters is 1. The van der Waals surface area contributed by atoms with Crippen LogP contribution in [0.1, 0.15) is 5.69 Å². The Bertz CT molecular complexity index is 1100. The molecular formula is C18H17N5O7S3. The lowest BCUT2D eigenvalue weighted by Crippen LogP contribution is -2.70. The number of hydrogen-bond acceptors (Lipinski definition) is 12. The average molecular weight is 512 g/mol. The van der Waals surface area contributed by atoms with Crippen LogP contribution in [0.2, 0.25) is 0 Å². The molecular weight excluding hydrogens is 494 g/mol. The fourth-order valence-electron chi connectivity index (χ4n) is 3.15. The van der Waals surface area contributed by atoms with Gasteiger partial charge in [0.25, 0.3) is 11.8 Å². The number of carboxylic acids is 1. The lowest BCUT2D eigenvalue weighted by Gasteiger charge is -2.49. The fraction of sp³-hybridized carbons (Fsp3) is 0.333. The van der Waals surface area contributed by atoms with Crippen molar-refractivity contribution in [2.24, 2.45) is 5.16 Å². The maximum atomic E-state index is 12.6. The zero-order valence-corrected chi connectivity index (χ0v) is 19.2. The van der Waals surface area contributed by atoms with Crippen LogP contribution in [0, 0.1) is 0 Å². The Kier molecular flexibility index (Phi) is 6.90. The zero-order valence-electron chi connectivity index (χ0n) is 16.8. The van der Waals surface area contributed by atoms with Gasteiger partial charge in [-0.25, -0.2) is 14.6 Å². The van der Waals surface area contributed by atoms with Gasteiger partial charge < -0.3 is 25.7 Å². The number of nitrogens with two attached hydrogens (primary N) is 1. The molecule has 33 heavy (non-hydrogen) atoms. The number of nitrogens with one attached hydrogen (secondary N) is 1. The normalized spacial score (nSPS) is 22.1. The van der Waals surface area contributed by atoms with E-state index < -0.39 is 35.2 Å². The van der Waals surface area contributed by atoms with E-state index in [0.29, 0.717) is 27.1 Å². The Morgan fingerprint density at radius 2 is 2.30 bits per heavy atom. The number of hydrogen-bond donors (Lipinski definition) is 3. The molecule has 3 aliphatic rings. The third-order valence-electron chi connectivity index (χ3n) is 4.67. The standard InChI is InChI=1S/C18H17N5O7S3/c19-18-21-9(6-33-18)4-30-20-3-11(24)22-12-14(25)23-13(16(26)27)10(7-32-15(12)23)31-5-8-1-2-29-17(8)28/h1,3,6,12,15H,2,4-5,7H2,(H2,19,21)(H,22,24)(H,26,27)/t12-,15+/m1/s1. The Labute approximate surface area is 199 Å². The number of aliphatic carboxylic acids is 1. The van der Waals surface area contributed by atoms with Crippen molar-refractivity contribution in [1.82, 2.24) is 15.2 Å². The predicted molar refractivity (Wildman–Crippen MR) is 121 cm³/mol. The van der Waals surface area contributed by atoms with E-state index >= 15 is 0 Å². The molecule has 4 rings (SSSR count). The number of amides is 2. The molecule has 0 radical (unpaired) electrons. The number of anilines is 1. The van der Waals surface area contributed by atoms with Crippen LogP contribution >= 0.6 is 34.9 Å². The molecule has 0 aromatic carbocycles. The van der Waals surface area contributed by atoms with Gasteiger partial charge >= 0.3 is 11.9 Å². The average Bonchev–Trinajstić information content (AvgIpc) is 3.40. The quantitative estimate of drug-likeness (QED) is 0.178. The smallest absolute Gasteiger partial charge is 0.353 e. The van der Waals surface area contributed by atoms with Crippen LogP contribution in [0.25, 0.3) is 0 Å². The summed E-state index contributed by atoms with van der Waals surface area (Å²) in [6.07, 6.45) is 2.54. The van der Waals surface area contributed by atoms with Crippen LogP contribution in [-0.2, 0) is 35.4 Å². The molecule has 1 saturated heterocycles. The van der Waals surface area contributed by atoms with Crippen molar-refractivity contribution >= 4 is 70.0 Å². The summed E-state index contributed by atoms with van der Waals surface area (Å²) in [5, 5.41) is 17.3. The minimum absolute atomic E-state index is 0.0356. The highest BCUT2D eigenvalue weighted by molar-refractivity contribution is 8.06. The summed E-state index contributed by atoms with van der Waals surface area (Å²) in [5.41, 5.74) is 6.41. The number of carboxylic acid groups (broad SMARTS) is 1. The maximum Gasteiger partial charge on any atom is 0.353 e. The lowest BCUT2D eigenvalue weighted by atomic mass is 10.1. The van der Waals surface area contributed by atoms with Gasteiger partial charge in [-0.05, 0) is 6.08 Å². The van der Waals surface area contributed by atoms with Crippen molar-refractivity contribution in [3.63, 3.8) is 0 Å². The van der Waals surface area contributed by atoms with Crippen molar-refractivity contribution in [2.45, 2.75) is 18.0 Å². The highest BCUT2D eigenvalue weighted by Crippen LogP contribution is 2.43. The molecule has 0 aliphatic carbocycles. The first-order valence-electron chi connectivity index (χ1n) is 9.41. The van der Waals surface area contributed by atoms with E-state index in [0.717, 1.165) is 11.1 Å². The van der Waals surface area contributed by atoms with Crippen molar-refractivity contribution in [3.8, 4) is 0 Å². The molecule has 4 heterocycles. The number of aromatic nitrogens is 1. The third-order valence-corrected chi connectivity index (χ3v) is 8.00. The van der Waals surface area contributed by atoms with E-state index in [1.807, 2.05) is 0 Å². The van der Waals surface area contributed by atoms with E-state index in [1.165, 1.54) is 34.9 Å². The molecule has 15 heteroatoms. The Morgan fingerprint density at radius 3 is 2.97 bits per heavy atom. The van der Waals surface area contributed by atoms with E-state index in [2.05, 4.69) is 15.5 Å². The van der Waals surface area contributed by atoms with Gasteiger partial charge in [0.1, 0.15) is 29.9 Å². The highest BCUT2D eigenvalue weighted by atomic mass is 32.2. The SMILES string of the molecule is Nc1nc(CON=CC(=O)N[C@@H]2C(=O)N3C(C(=O)O)=C(SCC4=CCOC4=O)CS[C@@H]23)cs1. The van der Waals surface area contributed by atoms with Gasteiger partial charge in [0.2, 0.25) is 0 Å². The second kappa shape index (κ2) is 9.84. The van der Waals surface area contributed by atoms with Crippen molar-refractivity contribution in [2.75, 3.05) is 23.8 Å². The molecule has 4 N–H and O–H groups in total. The van der Waals surface area contributed by atoms with Gasteiger partial charge in [0.05, 0.1) is 5.69 Å². The van der Waals surface area contributed by atoms with Crippen LogP contribution in [0.15, 0.2) is 32.8 Å². The molecule has 12 nitrogen and oxygen atoms in total. The molecule has 1 fully saturated rings. The number of ether oxygens (including phenoxy) is 1. The molecule has 3 aliphatic heterocycles. The van der Waals surface area contributed by atoms with E-state index in [4.69, 9.17) is 15.3 Å². The van der Waals surface area contributed by atoms with Crippen LogP contribution in [0.5, 0.6) is 0 Å². The minimum Gasteiger partial charge on any atom is -0.477 e. The Morgan fingerprint density at radius 1 is 1.48 bits per heavy atom. The van der Waals surface area contributed by atoms with Crippen LogP contribution < -0.4 is 11.1 Å². The van der Waals surface area contributed by atoms with Crippen LogP contribution in [-0.4, -0.2) is 74.5 Å². The Hall–Kier alpha value is -3.04. The summed E-state index contributed by atoms with van der Waals surface area (Å²) in [6.45, 7) is 0.240. The zero-order chi connectivity index (χ0) is 23.5. The second-order valence-electron chi connectivity index (χ2n) is 6.77. The summed E-state index contributed by atoms with van der Waals surface area (Å²) in [4.78, 5) is 58.8. The summed E-state index contributed by atoms with van der Waals surface area (Å²) in [7, 11) is 0. The maximum absolute atomic E-state index is 12.6. The highest BCUT2D eigenvalue weighted by Gasteiger charge is 2.54. The fourth-order valence-corrected chi connectivity index (χ4v) is 6.31. The summed E-state index contributed by atoms with van der Waals surface area (Å²) in [5.74, 6) is -2.29. The van der Waals surface area contributed by atoms with Gasteiger partial charge in [0, 0.05) is 27.4 Å². The number of thioether (sulfide) groups is 2. The molecule has 1 aromatic rings. The van der Waals surface area contributed by atoms with Gasteiger partial charge in [-0.15, -0.1) is 34.9 Å². The number of nitrogens with zero attached hydrogens (tertiary/aromatic N) is 3. The molecule has 0 spiro atoms. The molecule has 0 bridgehead atoms. The number of rotatable bonds is 9. The molecule has 2 atom stereocenters. The molecule has 2 amide bonds. The summed E-state index contributed by atoms with van der Waals surface area (Å²) < 4.78 is 4.84. The first-order chi connectivity index (χ1) is 15.8. The number of carbonyl (C=O) groups is 4. The number of fused-ring (bicyclic) bond motifs is 1. The van der Waals surface area contributed by atoms with Gasteiger partial charge in [0.15, 0.2) is 11.7 Å². The Balaban J connectivity index is 1.33. The third kappa shape index (κ3) is 4.99. The van der Waals surface area contributed by atoms with Crippen molar-refractivity contribution < 1.29 is 33.9 Å². The van der Waals surface area contributed by atoms with Crippen molar-refractivity contribution in [1.29, 1.82) is 0 Å². The summed E-state index contributed by atoms with van der Waals surface area (Å²) >= 11 is 3.76. The van der Waals surface area contributed by atoms with Crippen LogP contribution in [0.3, 0.4) is 0 Å². The molecule has 174 valence electrons. The first kappa shape index (κ1) is 23.1. The number of cyclic esters (lactones) is 1. The first-order valence-corrected chi connectivity index (χ1v) is 12.3. The number of oxime groups is 1. The van der Waals surface area contributed by atoms with E-state index in [-0.39, 0.29) is 24.7 Å². The summed E-state index contributed by atoms with van der Waals surface area (Å²) in [6, 6.07) is -0.888. The molecule has 0 saturated carbocycles. The topological polar surface area (TPSA) is 174 Å². The lowest BCUT2D eigenvalue weighted by molar-refractivity contribution is -0.150. The second-order valence-corrected chi connectivity index (χ2v) is 9.84. The molecule has 0 unspecified atom stereocenters. The number of carbonyl (C=O) groups excluding carboxylic acids is 3. The van der Waals surface area contributed by atoms with Gasteiger partial charge in [-0.1, -0.05) is 5.16 Å².